The van der Waals surface area contributed by atoms with Gasteiger partial charge in [-0.15, -0.1) is 0 Å². The number of rotatable bonds is 7. The minimum Gasteiger partial charge on any atom is -0.465 e. The molecule has 0 spiro atoms. The summed E-state index contributed by atoms with van der Waals surface area (Å²) in [5.41, 5.74) is 1.18. The monoisotopic (exact) mass is 423 g/mol. The van der Waals surface area contributed by atoms with Crippen LogP contribution in [0.3, 0.4) is 0 Å². The van der Waals surface area contributed by atoms with E-state index >= 15 is 0 Å². The van der Waals surface area contributed by atoms with Gasteiger partial charge in [-0.25, -0.2) is 13.2 Å². The maximum atomic E-state index is 11.5. The SMILES string of the molecule is CS(=O)(=O)c1ccc(CCCN2CCC[C@@H](CN3CCN(C(=O)O)CC3)C2)cc1. The standard InChI is InChI=1S/C21H33N3O4S/c1-29(27,28)20-8-6-18(7-9-20)4-2-10-22-11-3-5-19(16-22)17-23-12-14-24(15-13-23)21(25)26/h6-9,19H,2-5,10-17H2,1H3,(H,25,26)/t19-/m1/s1. The lowest BCUT2D eigenvalue weighted by Crippen LogP contribution is -2.50. The van der Waals surface area contributed by atoms with Gasteiger partial charge in [-0.2, -0.15) is 0 Å². The first kappa shape index (κ1) is 22.1. The van der Waals surface area contributed by atoms with Gasteiger partial charge in [0.1, 0.15) is 0 Å². The molecule has 0 radical (unpaired) electrons. The highest BCUT2D eigenvalue weighted by Crippen LogP contribution is 2.19. The molecule has 8 heteroatoms. The molecule has 0 bridgehead atoms. The Hall–Kier alpha value is -1.64. The number of piperazine rings is 1. The van der Waals surface area contributed by atoms with Crippen LogP contribution in [-0.2, 0) is 16.3 Å². The van der Waals surface area contributed by atoms with Crippen LogP contribution in [0.25, 0.3) is 0 Å². The molecule has 0 aromatic heterocycles. The smallest absolute Gasteiger partial charge is 0.407 e. The molecule has 3 rings (SSSR count). The van der Waals surface area contributed by atoms with Crippen molar-refractivity contribution in [2.24, 2.45) is 5.92 Å². The molecular formula is C21H33N3O4S. The number of nitrogens with zero attached hydrogens (tertiary/aromatic N) is 3. The molecule has 7 nitrogen and oxygen atoms in total. The Morgan fingerprint density at radius 1 is 1.07 bits per heavy atom. The highest BCUT2D eigenvalue weighted by Gasteiger charge is 2.25. The number of benzene rings is 1. The summed E-state index contributed by atoms with van der Waals surface area (Å²) in [4.78, 5) is 17.9. The molecular weight excluding hydrogens is 390 g/mol. The van der Waals surface area contributed by atoms with Crippen LogP contribution < -0.4 is 0 Å². The first-order chi connectivity index (χ1) is 13.8. The van der Waals surface area contributed by atoms with Crippen LogP contribution in [0.2, 0.25) is 0 Å². The first-order valence-corrected chi connectivity index (χ1v) is 12.4. The molecule has 0 aliphatic carbocycles. The second-order valence-electron chi connectivity index (χ2n) is 8.40. The lowest BCUT2D eigenvalue weighted by Gasteiger charge is -2.38. The summed E-state index contributed by atoms with van der Waals surface area (Å²) in [6.07, 6.45) is 4.94. The van der Waals surface area contributed by atoms with Crippen LogP contribution in [0.1, 0.15) is 24.8 Å². The zero-order valence-corrected chi connectivity index (χ0v) is 18.1. The molecule has 1 N–H and O–H groups in total. The van der Waals surface area contributed by atoms with Crippen LogP contribution in [0.5, 0.6) is 0 Å². The summed E-state index contributed by atoms with van der Waals surface area (Å²) in [6, 6.07) is 7.25. The largest absolute Gasteiger partial charge is 0.465 e. The second kappa shape index (κ2) is 9.91. The van der Waals surface area contributed by atoms with Gasteiger partial charge in [0, 0.05) is 45.5 Å². The van der Waals surface area contributed by atoms with Crippen molar-refractivity contribution in [3.8, 4) is 0 Å². The molecule has 2 heterocycles. The predicted molar refractivity (Wildman–Crippen MR) is 113 cm³/mol. The molecule has 2 saturated heterocycles. The number of likely N-dealkylation sites (tertiary alicyclic amines) is 1. The molecule has 1 aromatic carbocycles. The minimum absolute atomic E-state index is 0.379. The molecule has 0 unspecified atom stereocenters. The Labute approximate surface area is 174 Å². The van der Waals surface area contributed by atoms with Crippen LogP contribution in [-0.4, -0.2) is 92.9 Å². The Balaban J connectivity index is 1.38. The molecule has 0 saturated carbocycles. The molecule has 1 aromatic rings. The van der Waals surface area contributed by atoms with Gasteiger partial charge in [0.2, 0.25) is 0 Å². The van der Waals surface area contributed by atoms with E-state index in [2.05, 4.69) is 9.80 Å². The van der Waals surface area contributed by atoms with E-state index in [9.17, 15) is 13.2 Å². The van der Waals surface area contributed by atoms with Gasteiger partial charge in [-0.1, -0.05) is 12.1 Å². The average molecular weight is 424 g/mol. The first-order valence-electron chi connectivity index (χ1n) is 10.5. The minimum atomic E-state index is -3.13. The third-order valence-electron chi connectivity index (χ3n) is 6.05. The predicted octanol–water partition coefficient (Wildman–Crippen LogP) is 2.03. The maximum absolute atomic E-state index is 11.5. The van der Waals surface area contributed by atoms with E-state index in [-0.39, 0.29) is 0 Å². The van der Waals surface area contributed by atoms with Crippen molar-refractivity contribution in [3.05, 3.63) is 29.8 Å². The lowest BCUT2D eigenvalue weighted by atomic mass is 9.96. The van der Waals surface area contributed by atoms with Gasteiger partial charge in [0.15, 0.2) is 9.84 Å². The van der Waals surface area contributed by atoms with Crippen molar-refractivity contribution in [1.82, 2.24) is 14.7 Å². The number of piperidine rings is 1. The summed E-state index contributed by atoms with van der Waals surface area (Å²) in [7, 11) is -3.13. The Bertz CT molecular complexity index is 774. The van der Waals surface area contributed by atoms with E-state index in [4.69, 9.17) is 5.11 Å². The molecule has 162 valence electrons. The number of carboxylic acid groups (broad SMARTS) is 1. The molecule has 29 heavy (non-hydrogen) atoms. The molecule has 1 atom stereocenters. The number of hydrogen-bond donors (Lipinski definition) is 1. The van der Waals surface area contributed by atoms with Crippen molar-refractivity contribution < 1.29 is 18.3 Å². The zero-order chi connectivity index (χ0) is 20.9. The molecule has 2 fully saturated rings. The molecule has 2 aliphatic heterocycles. The lowest BCUT2D eigenvalue weighted by molar-refractivity contribution is 0.0825. The van der Waals surface area contributed by atoms with E-state index < -0.39 is 15.9 Å². The van der Waals surface area contributed by atoms with Gasteiger partial charge in [-0.3, -0.25) is 4.90 Å². The van der Waals surface area contributed by atoms with Crippen molar-refractivity contribution in [3.63, 3.8) is 0 Å². The van der Waals surface area contributed by atoms with Crippen molar-refractivity contribution in [2.45, 2.75) is 30.6 Å². The number of carbonyl (C=O) groups is 1. The van der Waals surface area contributed by atoms with Crippen molar-refractivity contribution >= 4 is 15.9 Å². The van der Waals surface area contributed by atoms with Gasteiger partial charge in [0.05, 0.1) is 4.90 Å². The topological polar surface area (TPSA) is 81.2 Å². The van der Waals surface area contributed by atoms with Crippen LogP contribution >= 0.6 is 0 Å². The molecule has 2 aliphatic rings. The van der Waals surface area contributed by atoms with Crippen molar-refractivity contribution in [2.75, 3.05) is 58.6 Å². The average Bonchev–Trinajstić information content (AvgIpc) is 2.68. The Kier molecular flexibility index (Phi) is 7.54. The van der Waals surface area contributed by atoms with Gasteiger partial charge >= 0.3 is 6.09 Å². The highest BCUT2D eigenvalue weighted by molar-refractivity contribution is 7.90. The summed E-state index contributed by atoms with van der Waals surface area (Å²) in [5.74, 6) is 0.661. The Morgan fingerprint density at radius 2 is 1.76 bits per heavy atom. The summed E-state index contributed by atoms with van der Waals surface area (Å²) < 4.78 is 23.1. The van der Waals surface area contributed by atoms with E-state index in [1.54, 1.807) is 12.1 Å². The number of hydrogen-bond acceptors (Lipinski definition) is 5. The highest BCUT2D eigenvalue weighted by atomic mass is 32.2. The fraction of sp³-hybridized carbons (Fsp3) is 0.667. The van der Waals surface area contributed by atoms with E-state index in [1.807, 2.05) is 12.1 Å². The number of sulfone groups is 1. The van der Waals surface area contributed by atoms with Crippen LogP contribution in [0.15, 0.2) is 29.2 Å². The van der Waals surface area contributed by atoms with Crippen molar-refractivity contribution in [1.29, 1.82) is 0 Å². The van der Waals surface area contributed by atoms with E-state index in [1.165, 1.54) is 29.6 Å². The third-order valence-corrected chi connectivity index (χ3v) is 7.18. The van der Waals surface area contributed by atoms with Gasteiger partial charge < -0.3 is 14.9 Å². The van der Waals surface area contributed by atoms with E-state index in [0.29, 0.717) is 23.9 Å². The third kappa shape index (κ3) is 6.69. The van der Waals surface area contributed by atoms with Crippen LogP contribution in [0, 0.1) is 5.92 Å². The normalized spacial score (nSPS) is 22.0. The summed E-state index contributed by atoms with van der Waals surface area (Å²) >= 11 is 0. The second-order valence-corrected chi connectivity index (χ2v) is 10.4. The Morgan fingerprint density at radius 3 is 2.38 bits per heavy atom. The zero-order valence-electron chi connectivity index (χ0n) is 17.3. The van der Waals surface area contributed by atoms with E-state index in [0.717, 1.165) is 52.1 Å². The molecule has 1 amide bonds. The number of amides is 1. The quantitative estimate of drug-likeness (QED) is 0.723. The van der Waals surface area contributed by atoms with Crippen LogP contribution in [0.4, 0.5) is 4.79 Å². The van der Waals surface area contributed by atoms with Gasteiger partial charge in [-0.05, 0) is 62.4 Å². The number of aryl methyl sites for hydroxylation is 1. The fourth-order valence-corrected chi connectivity index (χ4v) is 5.03. The fourth-order valence-electron chi connectivity index (χ4n) is 4.40. The summed E-state index contributed by atoms with van der Waals surface area (Å²) in [6.45, 7) is 7.31. The summed E-state index contributed by atoms with van der Waals surface area (Å²) in [5, 5.41) is 9.07. The van der Waals surface area contributed by atoms with Gasteiger partial charge in [0.25, 0.3) is 0 Å². The maximum Gasteiger partial charge on any atom is 0.407 e.